The van der Waals surface area contributed by atoms with E-state index < -0.39 is 0 Å². The Morgan fingerprint density at radius 3 is 2.36 bits per heavy atom. The summed E-state index contributed by atoms with van der Waals surface area (Å²) >= 11 is 0. The van der Waals surface area contributed by atoms with Gasteiger partial charge in [0, 0.05) is 31.5 Å². The number of amides is 1. The van der Waals surface area contributed by atoms with Crippen LogP contribution in [0.15, 0.2) is 42.5 Å². The Kier molecular flexibility index (Phi) is 6.85. The Hall–Kier alpha value is -2.62. The molecule has 2 aromatic carbocycles. The molecule has 28 heavy (non-hydrogen) atoms. The van der Waals surface area contributed by atoms with Gasteiger partial charge in [0.15, 0.2) is 5.78 Å². The van der Waals surface area contributed by atoms with E-state index >= 15 is 0 Å². The highest BCUT2D eigenvalue weighted by atomic mass is 16.5. The number of ether oxygens (including phenoxy) is 1. The molecule has 0 saturated carbocycles. The van der Waals surface area contributed by atoms with E-state index in [-0.39, 0.29) is 24.5 Å². The second kappa shape index (κ2) is 9.54. The summed E-state index contributed by atoms with van der Waals surface area (Å²) in [4.78, 5) is 27.0. The normalized spacial score (nSPS) is 12.9. The molecule has 0 heterocycles. The van der Waals surface area contributed by atoms with Crippen LogP contribution in [0.25, 0.3) is 0 Å². The fourth-order valence-electron chi connectivity index (χ4n) is 3.76. The first-order valence-corrected chi connectivity index (χ1v) is 10.2. The first-order chi connectivity index (χ1) is 13.6. The molecule has 0 unspecified atom stereocenters. The van der Waals surface area contributed by atoms with Gasteiger partial charge in [-0.1, -0.05) is 24.3 Å². The van der Waals surface area contributed by atoms with Crippen LogP contribution >= 0.6 is 0 Å². The van der Waals surface area contributed by atoms with Gasteiger partial charge in [0.25, 0.3) is 0 Å². The average Bonchev–Trinajstić information content (AvgIpc) is 2.75. The minimum Gasteiger partial charge on any atom is -0.497 e. The van der Waals surface area contributed by atoms with Crippen molar-refractivity contribution in [2.24, 2.45) is 0 Å². The van der Waals surface area contributed by atoms with E-state index in [0.29, 0.717) is 13.1 Å². The SMILES string of the molecule is CCN(Cc1ccc(OC)cc1)C(=O)CCC(=O)c1ccc2c(c1)CCCC2. The Morgan fingerprint density at radius 2 is 1.68 bits per heavy atom. The Balaban J connectivity index is 1.56. The highest BCUT2D eigenvalue weighted by Crippen LogP contribution is 2.23. The summed E-state index contributed by atoms with van der Waals surface area (Å²) < 4.78 is 5.17. The van der Waals surface area contributed by atoms with Crippen LogP contribution in [-0.2, 0) is 24.2 Å². The summed E-state index contributed by atoms with van der Waals surface area (Å²) in [5.41, 5.74) is 4.47. The molecule has 0 radical (unpaired) electrons. The van der Waals surface area contributed by atoms with Gasteiger partial charge in [0.1, 0.15) is 5.75 Å². The molecule has 2 aromatic rings. The smallest absolute Gasteiger partial charge is 0.223 e. The van der Waals surface area contributed by atoms with Gasteiger partial charge in [0.2, 0.25) is 5.91 Å². The topological polar surface area (TPSA) is 46.6 Å². The molecule has 0 bridgehead atoms. The lowest BCUT2D eigenvalue weighted by atomic mass is 9.89. The maximum absolute atomic E-state index is 12.6. The molecule has 0 aliphatic heterocycles. The number of hydrogen-bond donors (Lipinski definition) is 0. The van der Waals surface area contributed by atoms with Crippen LogP contribution in [0.4, 0.5) is 0 Å². The number of methoxy groups -OCH3 is 1. The first-order valence-electron chi connectivity index (χ1n) is 10.2. The van der Waals surface area contributed by atoms with E-state index in [1.54, 1.807) is 12.0 Å². The van der Waals surface area contributed by atoms with Gasteiger partial charge in [-0.2, -0.15) is 0 Å². The number of aryl methyl sites for hydroxylation is 2. The van der Waals surface area contributed by atoms with Crippen molar-refractivity contribution in [3.8, 4) is 5.75 Å². The van der Waals surface area contributed by atoms with E-state index in [2.05, 4.69) is 6.07 Å². The van der Waals surface area contributed by atoms with E-state index in [1.807, 2.05) is 43.3 Å². The average molecular weight is 380 g/mol. The summed E-state index contributed by atoms with van der Waals surface area (Å²) in [6.07, 6.45) is 5.10. The third-order valence-electron chi connectivity index (χ3n) is 5.50. The largest absolute Gasteiger partial charge is 0.497 e. The van der Waals surface area contributed by atoms with Crippen LogP contribution in [0.1, 0.15) is 59.7 Å². The van der Waals surface area contributed by atoms with Gasteiger partial charge in [-0.25, -0.2) is 0 Å². The van der Waals surface area contributed by atoms with E-state index in [9.17, 15) is 9.59 Å². The third kappa shape index (κ3) is 5.00. The second-order valence-electron chi connectivity index (χ2n) is 7.37. The summed E-state index contributed by atoms with van der Waals surface area (Å²) in [7, 11) is 1.64. The van der Waals surface area contributed by atoms with Gasteiger partial charge >= 0.3 is 0 Å². The van der Waals surface area contributed by atoms with Gasteiger partial charge in [-0.3, -0.25) is 9.59 Å². The first kappa shape index (κ1) is 20.1. The van der Waals surface area contributed by atoms with Gasteiger partial charge in [-0.15, -0.1) is 0 Å². The summed E-state index contributed by atoms with van der Waals surface area (Å²) in [6.45, 7) is 3.14. The highest BCUT2D eigenvalue weighted by molar-refractivity contribution is 5.98. The van der Waals surface area contributed by atoms with Gasteiger partial charge in [0.05, 0.1) is 7.11 Å². The fourth-order valence-corrected chi connectivity index (χ4v) is 3.76. The van der Waals surface area contributed by atoms with Crippen molar-refractivity contribution in [2.75, 3.05) is 13.7 Å². The van der Waals surface area contributed by atoms with Crippen LogP contribution in [0.5, 0.6) is 5.75 Å². The van der Waals surface area contributed by atoms with E-state index in [0.717, 1.165) is 29.7 Å². The zero-order valence-electron chi connectivity index (χ0n) is 16.9. The van der Waals surface area contributed by atoms with Crippen molar-refractivity contribution in [1.29, 1.82) is 0 Å². The molecule has 3 rings (SSSR count). The fraction of sp³-hybridized carbons (Fsp3) is 0.417. The molecule has 4 heteroatoms. The third-order valence-corrected chi connectivity index (χ3v) is 5.50. The zero-order valence-corrected chi connectivity index (χ0v) is 16.9. The van der Waals surface area contributed by atoms with Crippen LogP contribution in [-0.4, -0.2) is 30.2 Å². The molecule has 1 aliphatic carbocycles. The lowest BCUT2D eigenvalue weighted by Crippen LogP contribution is -2.30. The molecular formula is C24H29NO3. The number of benzene rings is 2. The van der Waals surface area contributed by atoms with Crippen molar-refractivity contribution in [1.82, 2.24) is 4.90 Å². The van der Waals surface area contributed by atoms with Crippen molar-refractivity contribution in [3.63, 3.8) is 0 Å². The number of hydrogen-bond acceptors (Lipinski definition) is 3. The number of carbonyl (C=O) groups excluding carboxylic acids is 2. The second-order valence-corrected chi connectivity index (χ2v) is 7.37. The minimum atomic E-state index is 0.0182. The van der Waals surface area contributed by atoms with Crippen molar-refractivity contribution in [3.05, 3.63) is 64.7 Å². The van der Waals surface area contributed by atoms with Crippen LogP contribution in [0.2, 0.25) is 0 Å². The Labute approximate surface area is 167 Å². The molecule has 0 atom stereocenters. The van der Waals surface area contributed by atoms with Crippen molar-refractivity contribution in [2.45, 2.75) is 52.0 Å². The molecule has 1 aliphatic rings. The Bertz CT molecular complexity index is 826. The lowest BCUT2D eigenvalue weighted by Gasteiger charge is -2.21. The maximum atomic E-state index is 12.6. The van der Waals surface area contributed by atoms with Gasteiger partial charge in [-0.05, 0) is 67.5 Å². The molecule has 0 N–H and O–H groups in total. The monoisotopic (exact) mass is 379 g/mol. The zero-order chi connectivity index (χ0) is 19.9. The molecule has 1 amide bonds. The lowest BCUT2D eigenvalue weighted by molar-refractivity contribution is -0.131. The number of nitrogens with zero attached hydrogens (tertiary/aromatic N) is 1. The molecule has 4 nitrogen and oxygen atoms in total. The van der Waals surface area contributed by atoms with Crippen molar-refractivity contribution < 1.29 is 14.3 Å². The molecule has 148 valence electrons. The quantitative estimate of drug-likeness (QED) is 0.631. The highest BCUT2D eigenvalue weighted by Gasteiger charge is 2.17. The predicted molar refractivity (Wildman–Crippen MR) is 111 cm³/mol. The molecular weight excluding hydrogens is 350 g/mol. The molecule has 0 spiro atoms. The maximum Gasteiger partial charge on any atom is 0.223 e. The number of rotatable bonds is 8. The van der Waals surface area contributed by atoms with Crippen LogP contribution in [0, 0.1) is 0 Å². The van der Waals surface area contributed by atoms with E-state index in [1.165, 1.54) is 24.0 Å². The summed E-state index contributed by atoms with van der Waals surface area (Å²) in [6, 6.07) is 13.8. The van der Waals surface area contributed by atoms with Crippen LogP contribution < -0.4 is 4.74 Å². The van der Waals surface area contributed by atoms with E-state index in [4.69, 9.17) is 4.74 Å². The van der Waals surface area contributed by atoms with Crippen molar-refractivity contribution >= 4 is 11.7 Å². The summed E-state index contributed by atoms with van der Waals surface area (Å²) in [5.74, 6) is 0.876. The Morgan fingerprint density at radius 1 is 0.964 bits per heavy atom. The van der Waals surface area contributed by atoms with Crippen LogP contribution in [0.3, 0.4) is 0 Å². The molecule has 0 saturated heterocycles. The standard InChI is InChI=1S/C24H29NO3/c1-3-25(17-18-8-12-22(28-2)13-9-18)24(27)15-14-23(26)21-11-10-19-6-4-5-7-20(19)16-21/h8-13,16H,3-7,14-15,17H2,1-2H3. The number of fused-ring (bicyclic) bond motifs is 1. The number of ketones is 1. The molecule has 0 aromatic heterocycles. The number of Topliss-reactive ketones (excluding diaryl/α,β-unsaturated/α-hetero) is 1. The molecule has 0 fully saturated rings. The predicted octanol–water partition coefficient (Wildman–Crippen LogP) is 4.59. The number of carbonyl (C=O) groups is 2. The summed E-state index contributed by atoms with van der Waals surface area (Å²) in [5, 5.41) is 0. The minimum absolute atomic E-state index is 0.0182. The van der Waals surface area contributed by atoms with Gasteiger partial charge < -0.3 is 9.64 Å².